The Kier molecular flexibility index (Phi) is 5.16. The highest BCUT2D eigenvalue weighted by atomic mass is 16.6. The van der Waals surface area contributed by atoms with E-state index in [0.29, 0.717) is 16.8 Å². The van der Waals surface area contributed by atoms with E-state index >= 15 is 0 Å². The van der Waals surface area contributed by atoms with Gasteiger partial charge in [0.05, 0.1) is 21.8 Å². The van der Waals surface area contributed by atoms with Crippen LogP contribution in [-0.4, -0.2) is 32.2 Å². The van der Waals surface area contributed by atoms with E-state index in [1.807, 2.05) is 0 Å². The number of aromatic amines is 1. The third-order valence-corrected chi connectivity index (χ3v) is 3.66. The summed E-state index contributed by atoms with van der Waals surface area (Å²) in [5.41, 5.74) is 3.69. The maximum Gasteiger partial charge on any atom is 0.289 e. The Morgan fingerprint density at radius 1 is 1.04 bits per heavy atom. The van der Waals surface area contributed by atoms with Crippen molar-refractivity contribution in [3.05, 3.63) is 86.1 Å². The van der Waals surface area contributed by atoms with E-state index in [2.05, 4.69) is 20.7 Å². The number of hydrogen-bond acceptors (Lipinski definition) is 7. The fraction of sp³-hybridized carbons (Fsp3) is 0. The highest BCUT2D eigenvalue weighted by molar-refractivity contribution is 5.94. The van der Waals surface area contributed by atoms with Crippen molar-refractivity contribution in [3.8, 4) is 11.3 Å². The van der Waals surface area contributed by atoms with Crippen LogP contribution in [0.15, 0.2) is 59.7 Å². The van der Waals surface area contributed by atoms with Crippen molar-refractivity contribution in [2.75, 3.05) is 0 Å². The van der Waals surface area contributed by atoms with E-state index in [1.54, 1.807) is 6.07 Å². The molecule has 0 saturated heterocycles. The van der Waals surface area contributed by atoms with E-state index in [4.69, 9.17) is 0 Å². The average molecular weight is 380 g/mol. The van der Waals surface area contributed by atoms with Crippen LogP contribution in [0.1, 0.15) is 16.1 Å². The summed E-state index contributed by atoms with van der Waals surface area (Å²) >= 11 is 0. The van der Waals surface area contributed by atoms with Gasteiger partial charge in [0, 0.05) is 29.8 Å². The minimum atomic E-state index is -0.567. The number of carbonyl (C=O) groups excluding carboxylic acids is 1. The number of aromatic nitrogens is 2. The third kappa shape index (κ3) is 4.22. The summed E-state index contributed by atoms with van der Waals surface area (Å²) in [6.45, 7) is 0. The summed E-state index contributed by atoms with van der Waals surface area (Å²) < 4.78 is 0. The molecule has 1 aromatic heterocycles. The maximum atomic E-state index is 12.1. The fourth-order valence-electron chi connectivity index (χ4n) is 2.27. The number of non-ortho nitro benzene ring substituents is 2. The number of nitro benzene ring substituents is 2. The molecule has 0 bridgehead atoms. The lowest BCUT2D eigenvalue weighted by atomic mass is 10.1. The number of carbonyl (C=O) groups is 1. The zero-order valence-electron chi connectivity index (χ0n) is 14.1. The number of nitrogens with zero attached hydrogens (tertiary/aromatic N) is 4. The number of H-pyrrole nitrogens is 1. The van der Waals surface area contributed by atoms with E-state index in [1.165, 1.54) is 54.7 Å². The molecule has 0 spiro atoms. The molecule has 2 N–H and O–H groups in total. The summed E-state index contributed by atoms with van der Waals surface area (Å²) in [6, 6.07) is 12.9. The Balaban J connectivity index is 1.66. The zero-order valence-corrected chi connectivity index (χ0v) is 14.1. The summed E-state index contributed by atoms with van der Waals surface area (Å²) in [7, 11) is 0. The molecule has 0 aliphatic carbocycles. The number of nitrogens with one attached hydrogen (secondary N) is 2. The van der Waals surface area contributed by atoms with Crippen molar-refractivity contribution >= 4 is 23.5 Å². The number of rotatable bonds is 6. The first kappa shape index (κ1) is 18.4. The standard InChI is InChI=1S/C17H12N6O5/c24-17(21-18-10-11-4-6-13(7-5-11)22(25)26)16-9-15(19-20-16)12-2-1-3-14(8-12)23(27)28/h1-10H,(H,19,20)(H,21,24)/b18-10-. The van der Waals surface area contributed by atoms with Crippen molar-refractivity contribution in [1.29, 1.82) is 0 Å². The van der Waals surface area contributed by atoms with E-state index in [-0.39, 0.29) is 17.1 Å². The van der Waals surface area contributed by atoms with Gasteiger partial charge < -0.3 is 0 Å². The van der Waals surface area contributed by atoms with E-state index < -0.39 is 15.8 Å². The Morgan fingerprint density at radius 3 is 2.43 bits per heavy atom. The van der Waals surface area contributed by atoms with Crippen LogP contribution in [0.5, 0.6) is 0 Å². The van der Waals surface area contributed by atoms with Crippen LogP contribution in [-0.2, 0) is 0 Å². The van der Waals surface area contributed by atoms with Crippen molar-refractivity contribution in [2.24, 2.45) is 5.10 Å². The van der Waals surface area contributed by atoms with Gasteiger partial charge in [0.25, 0.3) is 17.3 Å². The molecule has 1 amide bonds. The van der Waals surface area contributed by atoms with Gasteiger partial charge in [-0.1, -0.05) is 12.1 Å². The summed E-state index contributed by atoms with van der Waals surface area (Å²) in [5.74, 6) is -0.567. The van der Waals surface area contributed by atoms with Crippen LogP contribution < -0.4 is 5.43 Å². The lowest BCUT2D eigenvalue weighted by Crippen LogP contribution is -2.17. The molecule has 0 atom stereocenters. The number of nitro groups is 2. The van der Waals surface area contributed by atoms with Gasteiger partial charge in [-0.3, -0.25) is 30.1 Å². The first-order valence-corrected chi connectivity index (χ1v) is 7.82. The third-order valence-electron chi connectivity index (χ3n) is 3.66. The molecule has 0 radical (unpaired) electrons. The molecule has 3 aromatic rings. The largest absolute Gasteiger partial charge is 0.289 e. The van der Waals surface area contributed by atoms with Crippen LogP contribution in [0.4, 0.5) is 11.4 Å². The number of amides is 1. The summed E-state index contributed by atoms with van der Waals surface area (Å²) in [6.07, 6.45) is 1.33. The lowest BCUT2D eigenvalue weighted by molar-refractivity contribution is -0.385. The average Bonchev–Trinajstić information content (AvgIpc) is 3.19. The molecular formula is C17H12N6O5. The highest BCUT2D eigenvalue weighted by Crippen LogP contribution is 2.22. The number of hydrazone groups is 1. The summed E-state index contributed by atoms with van der Waals surface area (Å²) in [5, 5.41) is 31.7. The monoisotopic (exact) mass is 380 g/mol. The van der Waals surface area contributed by atoms with Crippen LogP contribution >= 0.6 is 0 Å². The predicted octanol–water partition coefficient (Wildman–Crippen LogP) is 2.66. The van der Waals surface area contributed by atoms with Crippen LogP contribution in [0, 0.1) is 20.2 Å². The molecule has 28 heavy (non-hydrogen) atoms. The molecule has 2 aromatic carbocycles. The molecule has 11 nitrogen and oxygen atoms in total. The van der Waals surface area contributed by atoms with Gasteiger partial charge >= 0.3 is 0 Å². The first-order chi connectivity index (χ1) is 13.4. The topological polar surface area (TPSA) is 156 Å². The fourth-order valence-corrected chi connectivity index (χ4v) is 2.27. The Labute approximate surface area is 157 Å². The molecule has 0 aliphatic heterocycles. The molecule has 0 fully saturated rings. The Bertz CT molecular complexity index is 1070. The maximum absolute atomic E-state index is 12.1. The quantitative estimate of drug-likeness (QED) is 0.380. The lowest BCUT2D eigenvalue weighted by Gasteiger charge is -1.97. The van der Waals surface area contributed by atoms with Crippen LogP contribution in [0.25, 0.3) is 11.3 Å². The van der Waals surface area contributed by atoms with Crippen LogP contribution in [0.3, 0.4) is 0 Å². The number of hydrogen-bond donors (Lipinski definition) is 2. The summed E-state index contributed by atoms with van der Waals surface area (Å²) in [4.78, 5) is 32.5. The SMILES string of the molecule is O=C(N/N=C\c1ccc([N+](=O)[O-])cc1)c1cc(-c2cccc([N+](=O)[O-])c2)n[nH]1. The van der Waals surface area contributed by atoms with E-state index in [9.17, 15) is 25.0 Å². The van der Waals surface area contributed by atoms with Gasteiger partial charge in [-0.15, -0.1) is 0 Å². The molecule has 3 rings (SSSR count). The first-order valence-electron chi connectivity index (χ1n) is 7.82. The second kappa shape index (κ2) is 7.86. The molecular weight excluding hydrogens is 368 g/mol. The minimum Gasteiger partial charge on any atom is -0.272 e. The van der Waals surface area contributed by atoms with Gasteiger partial charge in [0.1, 0.15) is 5.69 Å². The zero-order chi connectivity index (χ0) is 20.1. The second-order valence-electron chi connectivity index (χ2n) is 5.52. The highest BCUT2D eigenvalue weighted by Gasteiger charge is 2.13. The smallest absolute Gasteiger partial charge is 0.272 e. The van der Waals surface area contributed by atoms with Gasteiger partial charge in [-0.05, 0) is 23.8 Å². The van der Waals surface area contributed by atoms with Crippen molar-refractivity contribution in [3.63, 3.8) is 0 Å². The molecule has 1 heterocycles. The van der Waals surface area contributed by atoms with Gasteiger partial charge in [-0.2, -0.15) is 10.2 Å². The number of benzene rings is 2. The van der Waals surface area contributed by atoms with Gasteiger partial charge in [0.2, 0.25) is 0 Å². The predicted molar refractivity (Wildman–Crippen MR) is 98.8 cm³/mol. The molecule has 0 aliphatic rings. The Hall–Kier alpha value is -4.41. The van der Waals surface area contributed by atoms with Crippen molar-refractivity contribution in [1.82, 2.24) is 15.6 Å². The van der Waals surface area contributed by atoms with Crippen molar-refractivity contribution in [2.45, 2.75) is 0 Å². The van der Waals surface area contributed by atoms with Crippen molar-refractivity contribution < 1.29 is 14.6 Å². The van der Waals surface area contributed by atoms with E-state index in [0.717, 1.165) is 0 Å². The second-order valence-corrected chi connectivity index (χ2v) is 5.52. The Morgan fingerprint density at radius 2 is 1.75 bits per heavy atom. The molecule has 0 saturated carbocycles. The normalized spacial score (nSPS) is 10.7. The molecule has 140 valence electrons. The van der Waals surface area contributed by atoms with Gasteiger partial charge in [-0.25, -0.2) is 5.43 Å². The molecule has 11 heteroatoms. The van der Waals surface area contributed by atoms with Crippen LogP contribution in [0.2, 0.25) is 0 Å². The molecule has 0 unspecified atom stereocenters. The minimum absolute atomic E-state index is 0.0488. The van der Waals surface area contributed by atoms with Gasteiger partial charge in [0.15, 0.2) is 0 Å².